The first-order valence-corrected chi connectivity index (χ1v) is 13.8. The molecule has 1 N–H and O–H groups in total. The fourth-order valence-corrected chi connectivity index (χ4v) is 5.12. The Morgan fingerprint density at radius 2 is 1.62 bits per heavy atom. The summed E-state index contributed by atoms with van der Waals surface area (Å²) in [5, 5.41) is 5.50. The van der Waals surface area contributed by atoms with E-state index in [4.69, 9.17) is 0 Å². The van der Waals surface area contributed by atoms with Gasteiger partial charge in [-0.3, -0.25) is 9.69 Å². The molecule has 1 atom stereocenters. The van der Waals surface area contributed by atoms with Gasteiger partial charge in [-0.2, -0.15) is 13.2 Å². The molecule has 39 heavy (non-hydrogen) atoms. The second kappa shape index (κ2) is 13.0. The topological polar surface area (TPSA) is 45.2 Å². The zero-order valence-electron chi connectivity index (χ0n) is 22.0. The fraction of sp³-hybridized carbons (Fsp3) is 0.290. The van der Waals surface area contributed by atoms with Crippen LogP contribution in [0.1, 0.15) is 56.7 Å². The number of alkyl halides is 3. The van der Waals surface area contributed by atoms with Crippen molar-refractivity contribution >= 4 is 17.2 Å². The Morgan fingerprint density at radius 1 is 0.923 bits per heavy atom. The summed E-state index contributed by atoms with van der Waals surface area (Å²) in [7, 11) is 0. The first-order chi connectivity index (χ1) is 18.7. The molecule has 0 aliphatic heterocycles. The van der Waals surface area contributed by atoms with E-state index in [9.17, 15) is 18.0 Å². The number of rotatable bonds is 11. The second-order valence-corrected chi connectivity index (χ2v) is 10.8. The molecule has 8 heteroatoms. The molecule has 1 amide bonds. The molecular formula is C31H32F3N3OS. The number of nitrogens with one attached hydrogen (secondary N) is 1. The highest BCUT2D eigenvalue weighted by molar-refractivity contribution is 7.09. The Hall–Kier alpha value is -3.49. The highest BCUT2D eigenvalue weighted by atomic mass is 32.1. The Labute approximate surface area is 231 Å². The first kappa shape index (κ1) is 28.5. The van der Waals surface area contributed by atoms with Crippen molar-refractivity contribution in [1.29, 1.82) is 0 Å². The van der Waals surface area contributed by atoms with Crippen molar-refractivity contribution in [2.75, 3.05) is 0 Å². The summed E-state index contributed by atoms with van der Waals surface area (Å²) < 4.78 is 39.8. The standard InChI is InChI=1S/C31H32F3N3OS/c1-22-11-14-25(15-12-22)18-37(19-26-9-6-10-27(17-26)31(32,33)34)20-29-36-28(21-39-29)30(38)35-23(2)13-16-24-7-4-3-5-8-24/h3-12,14-15,17,21,23H,13,16,18-20H2,1-2H3,(H,35,38). The zero-order chi connectivity index (χ0) is 27.8. The van der Waals surface area contributed by atoms with Gasteiger partial charge in [0.1, 0.15) is 10.7 Å². The number of amides is 1. The van der Waals surface area contributed by atoms with Crippen LogP contribution in [0.2, 0.25) is 0 Å². The van der Waals surface area contributed by atoms with Crippen molar-refractivity contribution in [1.82, 2.24) is 15.2 Å². The van der Waals surface area contributed by atoms with E-state index >= 15 is 0 Å². The number of thiazole rings is 1. The number of nitrogens with zero attached hydrogens (tertiary/aromatic N) is 2. The van der Waals surface area contributed by atoms with Crippen LogP contribution in [0.5, 0.6) is 0 Å². The molecule has 1 heterocycles. The van der Waals surface area contributed by atoms with Crippen molar-refractivity contribution in [2.45, 2.75) is 58.5 Å². The average Bonchev–Trinajstić information content (AvgIpc) is 3.38. The van der Waals surface area contributed by atoms with Gasteiger partial charge in [0.15, 0.2) is 0 Å². The maximum Gasteiger partial charge on any atom is 0.416 e. The van der Waals surface area contributed by atoms with Crippen LogP contribution in [-0.2, 0) is 32.2 Å². The smallest absolute Gasteiger partial charge is 0.348 e. The van der Waals surface area contributed by atoms with Crippen LogP contribution in [0.4, 0.5) is 13.2 Å². The van der Waals surface area contributed by atoms with E-state index in [0.717, 1.165) is 35.0 Å². The molecule has 0 radical (unpaired) electrons. The van der Waals surface area contributed by atoms with Gasteiger partial charge in [0.25, 0.3) is 5.91 Å². The molecule has 4 rings (SSSR count). The molecule has 0 saturated heterocycles. The van der Waals surface area contributed by atoms with E-state index in [1.54, 1.807) is 11.4 Å². The maximum atomic E-state index is 13.3. The highest BCUT2D eigenvalue weighted by Gasteiger charge is 2.30. The molecule has 1 unspecified atom stereocenters. The van der Waals surface area contributed by atoms with Gasteiger partial charge in [0.05, 0.1) is 12.1 Å². The summed E-state index contributed by atoms with van der Waals surface area (Å²) in [4.78, 5) is 19.4. The first-order valence-electron chi connectivity index (χ1n) is 12.9. The van der Waals surface area contributed by atoms with Gasteiger partial charge in [-0.25, -0.2) is 4.98 Å². The van der Waals surface area contributed by atoms with Gasteiger partial charge in [0, 0.05) is 24.5 Å². The summed E-state index contributed by atoms with van der Waals surface area (Å²) in [6.45, 7) is 5.25. The van der Waals surface area contributed by atoms with Gasteiger partial charge >= 0.3 is 6.18 Å². The number of aromatic nitrogens is 1. The van der Waals surface area contributed by atoms with E-state index in [-0.39, 0.29) is 11.9 Å². The van der Waals surface area contributed by atoms with Crippen LogP contribution in [0, 0.1) is 6.92 Å². The fourth-order valence-electron chi connectivity index (χ4n) is 4.30. The van der Waals surface area contributed by atoms with Gasteiger partial charge in [-0.15, -0.1) is 11.3 Å². The SMILES string of the molecule is Cc1ccc(CN(Cc2cccc(C(F)(F)F)c2)Cc2nc(C(=O)NC(C)CCc3ccccc3)cs2)cc1. The number of carbonyl (C=O) groups is 1. The van der Waals surface area contributed by atoms with E-state index in [1.807, 2.05) is 61.2 Å². The molecular weight excluding hydrogens is 519 g/mol. The molecule has 0 bridgehead atoms. The molecule has 0 spiro atoms. The molecule has 0 saturated carbocycles. The van der Waals surface area contributed by atoms with Crippen molar-refractivity contribution in [2.24, 2.45) is 0 Å². The largest absolute Gasteiger partial charge is 0.416 e. The molecule has 4 nitrogen and oxygen atoms in total. The van der Waals surface area contributed by atoms with Crippen LogP contribution in [-0.4, -0.2) is 21.8 Å². The minimum absolute atomic E-state index is 0.0122. The lowest BCUT2D eigenvalue weighted by molar-refractivity contribution is -0.137. The van der Waals surface area contributed by atoms with Gasteiger partial charge in [0.2, 0.25) is 0 Å². The number of halogens is 3. The Kier molecular flexibility index (Phi) is 9.54. The molecule has 0 aliphatic rings. The van der Waals surface area contributed by atoms with Crippen molar-refractivity contribution in [3.05, 3.63) is 123 Å². The highest BCUT2D eigenvalue weighted by Crippen LogP contribution is 2.30. The minimum atomic E-state index is -4.40. The Balaban J connectivity index is 1.42. The minimum Gasteiger partial charge on any atom is -0.348 e. The van der Waals surface area contributed by atoms with Crippen LogP contribution in [0.25, 0.3) is 0 Å². The van der Waals surface area contributed by atoms with E-state index in [0.29, 0.717) is 30.9 Å². The second-order valence-electron chi connectivity index (χ2n) is 9.85. The lowest BCUT2D eigenvalue weighted by atomic mass is 10.1. The van der Waals surface area contributed by atoms with Crippen LogP contribution in [0.3, 0.4) is 0 Å². The molecule has 1 aromatic heterocycles. The predicted molar refractivity (Wildman–Crippen MR) is 149 cm³/mol. The van der Waals surface area contributed by atoms with E-state index in [2.05, 4.69) is 22.4 Å². The van der Waals surface area contributed by atoms with Crippen molar-refractivity contribution in [3.8, 4) is 0 Å². The maximum absolute atomic E-state index is 13.3. The molecule has 0 aliphatic carbocycles. The lowest BCUT2D eigenvalue weighted by Crippen LogP contribution is -2.33. The lowest BCUT2D eigenvalue weighted by Gasteiger charge is -2.22. The third-order valence-corrected chi connectivity index (χ3v) is 7.25. The third kappa shape index (κ3) is 8.76. The Morgan fingerprint density at radius 3 is 2.33 bits per heavy atom. The molecule has 3 aromatic carbocycles. The normalized spacial score (nSPS) is 12.5. The van der Waals surface area contributed by atoms with Gasteiger partial charge < -0.3 is 5.32 Å². The number of hydrogen-bond donors (Lipinski definition) is 1. The summed E-state index contributed by atoms with van der Waals surface area (Å²) >= 11 is 1.38. The van der Waals surface area contributed by atoms with Crippen molar-refractivity contribution in [3.63, 3.8) is 0 Å². The number of benzene rings is 3. The van der Waals surface area contributed by atoms with Crippen LogP contribution >= 0.6 is 11.3 Å². The summed E-state index contributed by atoms with van der Waals surface area (Å²) in [6.07, 6.45) is -2.71. The predicted octanol–water partition coefficient (Wildman–Crippen LogP) is 7.42. The third-order valence-electron chi connectivity index (χ3n) is 6.42. The average molecular weight is 552 g/mol. The molecule has 204 valence electrons. The molecule has 0 fully saturated rings. The molecule has 4 aromatic rings. The number of carbonyl (C=O) groups excluding carboxylic acids is 1. The Bertz CT molecular complexity index is 1350. The van der Waals surface area contributed by atoms with Crippen molar-refractivity contribution < 1.29 is 18.0 Å². The summed E-state index contributed by atoms with van der Waals surface area (Å²) in [5.74, 6) is -0.221. The van der Waals surface area contributed by atoms with E-state index < -0.39 is 11.7 Å². The monoisotopic (exact) mass is 551 g/mol. The van der Waals surface area contributed by atoms with Crippen LogP contribution in [0.15, 0.2) is 84.2 Å². The van der Waals surface area contributed by atoms with E-state index in [1.165, 1.54) is 29.0 Å². The number of hydrogen-bond acceptors (Lipinski definition) is 4. The summed E-state index contributed by atoms with van der Waals surface area (Å²) in [6, 6.07) is 23.6. The van der Waals surface area contributed by atoms with Gasteiger partial charge in [-0.1, -0.05) is 78.4 Å². The zero-order valence-corrected chi connectivity index (χ0v) is 22.9. The number of aryl methyl sites for hydroxylation is 2. The van der Waals surface area contributed by atoms with Gasteiger partial charge in [-0.05, 0) is 49.4 Å². The quantitative estimate of drug-likeness (QED) is 0.211. The summed E-state index contributed by atoms with van der Waals surface area (Å²) in [5.41, 5.74) is 3.68. The van der Waals surface area contributed by atoms with Crippen LogP contribution < -0.4 is 5.32 Å².